The quantitative estimate of drug-likeness (QED) is 0.727. The zero-order valence-corrected chi connectivity index (χ0v) is 8.69. The van der Waals surface area contributed by atoms with Crippen molar-refractivity contribution in [2.24, 2.45) is 0 Å². The number of nitrogens with one attached hydrogen (secondary N) is 2. The normalized spacial score (nSPS) is 12.9. The Bertz CT molecular complexity index is 551. The summed E-state index contributed by atoms with van der Waals surface area (Å²) >= 11 is 0. The number of H-pyrrole nitrogens is 1. The molecule has 0 saturated heterocycles. The van der Waals surface area contributed by atoms with E-state index in [4.69, 9.17) is 14.6 Å². The second-order valence-corrected chi connectivity index (χ2v) is 3.56. The van der Waals surface area contributed by atoms with Crippen LogP contribution in [0.4, 0.5) is 5.95 Å². The zero-order valence-electron chi connectivity index (χ0n) is 8.69. The lowest BCUT2D eigenvalue weighted by molar-refractivity contribution is -0.134. The molecule has 0 radical (unpaired) electrons. The number of aliphatic carboxylic acids is 1. The van der Waals surface area contributed by atoms with Crippen molar-refractivity contribution in [3.8, 4) is 11.5 Å². The van der Waals surface area contributed by atoms with Crippen LogP contribution in [-0.4, -0.2) is 34.4 Å². The summed E-state index contributed by atoms with van der Waals surface area (Å²) in [6.45, 7) is 0.0264. The van der Waals surface area contributed by atoms with Gasteiger partial charge in [0.2, 0.25) is 12.7 Å². The van der Waals surface area contributed by atoms with E-state index in [1.165, 1.54) is 0 Å². The Balaban J connectivity index is 1.94. The molecule has 3 rings (SSSR count). The fourth-order valence-electron chi connectivity index (χ4n) is 1.64. The second kappa shape index (κ2) is 3.55. The lowest BCUT2D eigenvalue weighted by Gasteiger charge is -1.95. The highest BCUT2D eigenvalue weighted by Crippen LogP contribution is 2.35. The summed E-state index contributed by atoms with van der Waals surface area (Å²) in [6.07, 6.45) is 0. The van der Waals surface area contributed by atoms with Crippen LogP contribution in [0.3, 0.4) is 0 Å². The van der Waals surface area contributed by atoms with Crippen molar-refractivity contribution in [3.05, 3.63) is 12.1 Å². The molecule has 0 atom stereocenters. The minimum atomic E-state index is -0.945. The van der Waals surface area contributed by atoms with E-state index in [0.29, 0.717) is 23.0 Å². The van der Waals surface area contributed by atoms with Crippen molar-refractivity contribution in [2.45, 2.75) is 0 Å². The SMILES string of the molecule is O=C(O)CNc1nc2cc3c(cc2[nH]1)OCO3. The molecule has 2 aromatic rings. The van der Waals surface area contributed by atoms with Crippen molar-refractivity contribution < 1.29 is 19.4 Å². The van der Waals surface area contributed by atoms with Gasteiger partial charge in [-0.15, -0.1) is 0 Å². The Morgan fingerprint density at radius 1 is 1.47 bits per heavy atom. The van der Waals surface area contributed by atoms with Gasteiger partial charge < -0.3 is 24.9 Å². The predicted molar refractivity (Wildman–Crippen MR) is 58.3 cm³/mol. The van der Waals surface area contributed by atoms with E-state index in [0.717, 1.165) is 5.52 Å². The maximum atomic E-state index is 10.4. The molecular weight excluding hydrogens is 226 g/mol. The number of hydrogen-bond donors (Lipinski definition) is 3. The van der Waals surface area contributed by atoms with Crippen molar-refractivity contribution >= 4 is 23.0 Å². The highest BCUT2D eigenvalue weighted by molar-refractivity contribution is 5.82. The number of fused-ring (bicyclic) bond motifs is 2. The minimum absolute atomic E-state index is 0.188. The molecule has 3 N–H and O–H groups in total. The van der Waals surface area contributed by atoms with Crippen molar-refractivity contribution in [1.29, 1.82) is 0 Å². The van der Waals surface area contributed by atoms with E-state index in [9.17, 15) is 4.79 Å². The van der Waals surface area contributed by atoms with E-state index in [-0.39, 0.29) is 13.3 Å². The van der Waals surface area contributed by atoms with Gasteiger partial charge in [0.05, 0.1) is 11.0 Å². The second-order valence-electron chi connectivity index (χ2n) is 3.56. The molecule has 0 fully saturated rings. The van der Waals surface area contributed by atoms with Crippen LogP contribution in [-0.2, 0) is 4.79 Å². The van der Waals surface area contributed by atoms with Gasteiger partial charge in [0.25, 0.3) is 0 Å². The standard InChI is InChI=1S/C10H9N3O4/c14-9(15)3-11-10-12-5-1-7-8(17-4-16-7)2-6(5)13-10/h1-2H,3-4H2,(H,14,15)(H2,11,12,13). The minimum Gasteiger partial charge on any atom is -0.480 e. The third kappa shape index (κ3) is 1.71. The summed E-state index contributed by atoms with van der Waals surface area (Å²) in [6, 6.07) is 3.52. The van der Waals surface area contributed by atoms with Gasteiger partial charge in [0.1, 0.15) is 6.54 Å². The van der Waals surface area contributed by atoms with Gasteiger partial charge in [-0.25, -0.2) is 4.98 Å². The molecule has 0 aliphatic carbocycles. The molecule has 17 heavy (non-hydrogen) atoms. The Morgan fingerprint density at radius 3 is 3.00 bits per heavy atom. The smallest absolute Gasteiger partial charge is 0.322 e. The van der Waals surface area contributed by atoms with Crippen molar-refractivity contribution in [3.63, 3.8) is 0 Å². The van der Waals surface area contributed by atoms with E-state index >= 15 is 0 Å². The highest BCUT2D eigenvalue weighted by atomic mass is 16.7. The molecule has 2 heterocycles. The van der Waals surface area contributed by atoms with Crippen LogP contribution in [0, 0.1) is 0 Å². The number of anilines is 1. The Morgan fingerprint density at radius 2 is 2.24 bits per heavy atom. The van der Waals surface area contributed by atoms with E-state index in [1.54, 1.807) is 12.1 Å². The summed E-state index contributed by atoms with van der Waals surface area (Å²) in [5, 5.41) is 11.2. The molecule has 0 saturated carbocycles. The molecule has 0 amide bonds. The van der Waals surface area contributed by atoms with E-state index < -0.39 is 5.97 Å². The van der Waals surface area contributed by atoms with Crippen LogP contribution < -0.4 is 14.8 Å². The van der Waals surface area contributed by atoms with Crippen LogP contribution in [0.25, 0.3) is 11.0 Å². The molecule has 0 bridgehead atoms. The summed E-state index contributed by atoms with van der Waals surface area (Å²) in [7, 11) is 0. The molecule has 7 nitrogen and oxygen atoms in total. The molecule has 1 aliphatic rings. The number of rotatable bonds is 3. The Labute approximate surface area is 95.4 Å². The van der Waals surface area contributed by atoms with Crippen molar-refractivity contribution in [2.75, 3.05) is 18.7 Å². The maximum absolute atomic E-state index is 10.4. The molecule has 0 unspecified atom stereocenters. The molecular formula is C10H9N3O4. The van der Waals surface area contributed by atoms with E-state index in [2.05, 4.69) is 15.3 Å². The number of hydrogen-bond acceptors (Lipinski definition) is 5. The number of aromatic nitrogens is 2. The summed E-state index contributed by atoms with van der Waals surface area (Å²) in [4.78, 5) is 17.6. The van der Waals surface area contributed by atoms with Crippen LogP contribution >= 0.6 is 0 Å². The fraction of sp³-hybridized carbons (Fsp3) is 0.200. The number of carboxylic acids is 1. The first kappa shape index (κ1) is 9.76. The number of benzene rings is 1. The first-order valence-corrected chi connectivity index (χ1v) is 4.97. The largest absolute Gasteiger partial charge is 0.480 e. The van der Waals surface area contributed by atoms with Crippen LogP contribution in [0.2, 0.25) is 0 Å². The van der Waals surface area contributed by atoms with Gasteiger partial charge in [-0.1, -0.05) is 0 Å². The topological polar surface area (TPSA) is 96.5 Å². The molecule has 1 aromatic carbocycles. The predicted octanol–water partition coefficient (Wildman–Crippen LogP) is 0.788. The maximum Gasteiger partial charge on any atom is 0.322 e. The Hall–Kier alpha value is -2.44. The number of carbonyl (C=O) groups is 1. The first-order valence-electron chi connectivity index (χ1n) is 4.97. The lowest BCUT2D eigenvalue weighted by Crippen LogP contribution is -2.12. The lowest BCUT2D eigenvalue weighted by atomic mass is 10.3. The summed E-state index contributed by atoms with van der Waals surface area (Å²) in [5.41, 5.74) is 1.46. The molecule has 7 heteroatoms. The average molecular weight is 235 g/mol. The van der Waals surface area contributed by atoms with Crippen LogP contribution in [0.5, 0.6) is 11.5 Å². The third-order valence-electron chi connectivity index (χ3n) is 2.38. The highest BCUT2D eigenvalue weighted by Gasteiger charge is 2.16. The van der Waals surface area contributed by atoms with Gasteiger partial charge in [-0.2, -0.15) is 0 Å². The monoisotopic (exact) mass is 235 g/mol. The van der Waals surface area contributed by atoms with E-state index in [1.807, 2.05) is 0 Å². The van der Waals surface area contributed by atoms with Crippen LogP contribution in [0.1, 0.15) is 0 Å². The van der Waals surface area contributed by atoms with Gasteiger partial charge in [-0.3, -0.25) is 4.79 Å². The van der Waals surface area contributed by atoms with Crippen LogP contribution in [0.15, 0.2) is 12.1 Å². The van der Waals surface area contributed by atoms with Gasteiger partial charge in [0.15, 0.2) is 11.5 Å². The molecule has 0 spiro atoms. The summed E-state index contributed by atoms with van der Waals surface area (Å²) < 4.78 is 10.5. The zero-order chi connectivity index (χ0) is 11.8. The van der Waals surface area contributed by atoms with Gasteiger partial charge in [-0.05, 0) is 0 Å². The molecule has 88 valence electrons. The number of nitrogens with zero attached hydrogens (tertiary/aromatic N) is 1. The fourth-order valence-corrected chi connectivity index (χ4v) is 1.64. The number of ether oxygens (including phenoxy) is 2. The van der Waals surface area contributed by atoms with Gasteiger partial charge in [0, 0.05) is 12.1 Å². The van der Waals surface area contributed by atoms with Crippen molar-refractivity contribution in [1.82, 2.24) is 9.97 Å². The number of imidazole rings is 1. The number of carboxylic acid groups (broad SMARTS) is 1. The van der Waals surface area contributed by atoms with Gasteiger partial charge >= 0.3 is 5.97 Å². The number of aromatic amines is 1. The third-order valence-corrected chi connectivity index (χ3v) is 2.38. The average Bonchev–Trinajstić information content (AvgIpc) is 2.87. The molecule has 1 aromatic heterocycles. The first-order chi connectivity index (χ1) is 8.22. The molecule has 1 aliphatic heterocycles. The summed E-state index contributed by atoms with van der Waals surface area (Å²) in [5.74, 6) is 0.769. The Kier molecular flexibility index (Phi) is 2.04.